The zero-order valence-electron chi connectivity index (χ0n) is 8.67. The van der Waals surface area contributed by atoms with Crippen LogP contribution in [0.4, 0.5) is 8.78 Å². The first-order valence-electron chi connectivity index (χ1n) is 4.79. The highest BCUT2D eigenvalue weighted by Gasteiger charge is 2.18. The van der Waals surface area contributed by atoms with Crippen LogP contribution in [0.1, 0.15) is 12.5 Å². The van der Waals surface area contributed by atoms with Crippen LogP contribution in [0.2, 0.25) is 0 Å². The molecule has 0 heterocycles. The fraction of sp³-hybridized carbons (Fsp3) is 0.364. The Bertz CT molecular complexity index is 382. The molecule has 2 nitrogen and oxygen atoms in total. The number of benzene rings is 1. The monoisotopic (exact) mass is 292 g/mol. The van der Waals surface area contributed by atoms with Gasteiger partial charge in [-0.15, -0.1) is 0 Å². The van der Waals surface area contributed by atoms with Crippen molar-refractivity contribution in [1.82, 2.24) is 0 Å². The average molecular weight is 293 g/mol. The molecule has 0 amide bonds. The first-order chi connectivity index (χ1) is 7.54. The van der Waals surface area contributed by atoms with Gasteiger partial charge in [0.05, 0.1) is 6.61 Å². The van der Waals surface area contributed by atoms with E-state index >= 15 is 0 Å². The van der Waals surface area contributed by atoms with Crippen LogP contribution in [-0.4, -0.2) is 17.4 Å². The van der Waals surface area contributed by atoms with Gasteiger partial charge in [0, 0.05) is 6.07 Å². The molecule has 88 valence electrons. The van der Waals surface area contributed by atoms with Crippen molar-refractivity contribution >= 4 is 21.9 Å². The van der Waals surface area contributed by atoms with E-state index in [0.717, 1.165) is 12.1 Å². The summed E-state index contributed by atoms with van der Waals surface area (Å²) in [6.45, 7) is 1.96. The topological polar surface area (TPSA) is 26.3 Å². The summed E-state index contributed by atoms with van der Waals surface area (Å²) in [5.41, 5.74) is 0.274. The quantitative estimate of drug-likeness (QED) is 0.630. The lowest BCUT2D eigenvalue weighted by Crippen LogP contribution is -2.20. The van der Waals surface area contributed by atoms with Crippen molar-refractivity contribution < 1.29 is 18.3 Å². The van der Waals surface area contributed by atoms with Crippen LogP contribution in [0.5, 0.6) is 0 Å². The molecule has 0 saturated carbocycles. The van der Waals surface area contributed by atoms with Crippen LogP contribution < -0.4 is 0 Å². The SMILES string of the molecule is CCOC(=O)C(Br)Cc1ccc(F)cc1F. The number of carbonyl (C=O) groups excluding carboxylic acids is 1. The minimum atomic E-state index is -0.659. The van der Waals surface area contributed by atoms with Crippen molar-refractivity contribution in [3.05, 3.63) is 35.4 Å². The lowest BCUT2D eigenvalue weighted by atomic mass is 10.1. The molecule has 0 aliphatic rings. The smallest absolute Gasteiger partial charge is 0.320 e. The zero-order valence-corrected chi connectivity index (χ0v) is 10.3. The second kappa shape index (κ2) is 5.94. The molecular formula is C11H11BrF2O2. The van der Waals surface area contributed by atoms with Crippen molar-refractivity contribution in [2.24, 2.45) is 0 Å². The van der Waals surface area contributed by atoms with E-state index in [2.05, 4.69) is 15.9 Å². The molecular weight excluding hydrogens is 282 g/mol. The number of rotatable bonds is 4. The van der Waals surface area contributed by atoms with Crippen LogP contribution in [-0.2, 0) is 16.0 Å². The van der Waals surface area contributed by atoms with Crippen molar-refractivity contribution in [3.8, 4) is 0 Å². The molecule has 1 atom stereocenters. The molecule has 5 heteroatoms. The number of hydrogen-bond acceptors (Lipinski definition) is 2. The molecule has 1 rings (SSSR count). The summed E-state index contributed by atoms with van der Waals surface area (Å²) in [7, 11) is 0. The molecule has 1 unspecified atom stereocenters. The number of alkyl halides is 1. The van der Waals surface area contributed by atoms with Gasteiger partial charge in [-0.2, -0.15) is 0 Å². The third kappa shape index (κ3) is 3.56. The van der Waals surface area contributed by atoms with Gasteiger partial charge in [-0.05, 0) is 25.0 Å². The summed E-state index contributed by atoms with van der Waals surface area (Å²) < 4.78 is 30.6. The van der Waals surface area contributed by atoms with Gasteiger partial charge in [0.2, 0.25) is 0 Å². The molecule has 0 aliphatic carbocycles. The van der Waals surface area contributed by atoms with E-state index < -0.39 is 22.4 Å². The number of halogens is 3. The molecule has 16 heavy (non-hydrogen) atoms. The van der Waals surface area contributed by atoms with Crippen molar-refractivity contribution in [3.63, 3.8) is 0 Å². The number of hydrogen-bond donors (Lipinski definition) is 0. The van der Waals surface area contributed by atoms with Gasteiger partial charge in [-0.1, -0.05) is 22.0 Å². The van der Waals surface area contributed by atoms with Crippen LogP contribution in [0.3, 0.4) is 0 Å². The Morgan fingerprint density at radius 3 is 2.75 bits per heavy atom. The van der Waals surface area contributed by atoms with Crippen LogP contribution in [0, 0.1) is 11.6 Å². The van der Waals surface area contributed by atoms with Gasteiger partial charge < -0.3 is 4.74 Å². The number of carbonyl (C=O) groups is 1. The fourth-order valence-corrected chi connectivity index (χ4v) is 1.68. The molecule has 0 aliphatic heterocycles. The van der Waals surface area contributed by atoms with Crippen molar-refractivity contribution in [2.75, 3.05) is 6.61 Å². The van der Waals surface area contributed by atoms with E-state index in [9.17, 15) is 13.6 Å². The summed E-state index contributed by atoms with van der Waals surface area (Å²) in [6.07, 6.45) is 0.130. The molecule has 0 N–H and O–H groups in total. The van der Waals surface area contributed by atoms with Gasteiger partial charge in [-0.25, -0.2) is 8.78 Å². The average Bonchev–Trinajstić information content (AvgIpc) is 2.22. The Morgan fingerprint density at radius 1 is 1.50 bits per heavy atom. The lowest BCUT2D eigenvalue weighted by molar-refractivity contribution is -0.142. The van der Waals surface area contributed by atoms with Crippen molar-refractivity contribution in [1.29, 1.82) is 0 Å². The normalized spacial score (nSPS) is 12.2. The van der Waals surface area contributed by atoms with Crippen LogP contribution in [0.15, 0.2) is 18.2 Å². The number of esters is 1. The maximum absolute atomic E-state index is 13.2. The molecule has 1 aromatic rings. The summed E-state index contributed by atoms with van der Waals surface area (Å²) in [5, 5.41) is 0. The molecule has 0 fully saturated rings. The van der Waals surface area contributed by atoms with E-state index in [1.165, 1.54) is 6.07 Å². The highest BCUT2D eigenvalue weighted by molar-refractivity contribution is 9.10. The van der Waals surface area contributed by atoms with Gasteiger partial charge in [-0.3, -0.25) is 4.79 Å². The minimum Gasteiger partial charge on any atom is -0.465 e. The molecule has 0 saturated heterocycles. The Balaban J connectivity index is 2.69. The second-order valence-electron chi connectivity index (χ2n) is 3.16. The van der Waals surface area contributed by atoms with E-state index in [0.29, 0.717) is 0 Å². The van der Waals surface area contributed by atoms with Crippen LogP contribution in [0.25, 0.3) is 0 Å². The maximum Gasteiger partial charge on any atom is 0.320 e. The standard InChI is InChI=1S/C11H11BrF2O2/c1-2-16-11(15)9(12)5-7-3-4-8(13)6-10(7)14/h3-4,6,9H,2,5H2,1H3. The van der Waals surface area contributed by atoms with Gasteiger partial charge in [0.25, 0.3) is 0 Å². The van der Waals surface area contributed by atoms with E-state index in [-0.39, 0.29) is 18.6 Å². The predicted molar refractivity (Wildman–Crippen MR) is 59.4 cm³/mol. The molecule has 0 aromatic heterocycles. The predicted octanol–water partition coefficient (Wildman–Crippen LogP) is 2.83. The van der Waals surface area contributed by atoms with E-state index in [1.54, 1.807) is 6.92 Å². The Hall–Kier alpha value is -0.970. The van der Waals surface area contributed by atoms with Gasteiger partial charge >= 0.3 is 5.97 Å². The molecule has 0 radical (unpaired) electrons. The zero-order chi connectivity index (χ0) is 12.1. The van der Waals surface area contributed by atoms with E-state index in [4.69, 9.17) is 4.74 Å². The Labute approximate surface area is 101 Å². The Morgan fingerprint density at radius 2 is 2.19 bits per heavy atom. The number of ether oxygens (including phenoxy) is 1. The van der Waals surface area contributed by atoms with E-state index in [1.807, 2.05) is 0 Å². The molecule has 0 bridgehead atoms. The lowest BCUT2D eigenvalue weighted by Gasteiger charge is -2.09. The minimum absolute atomic E-state index is 0.130. The maximum atomic E-state index is 13.2. The summed E-state index contributed by atoms with van der Waals surface area (Å²) in [6, 6.07) is 3.27. The second-order valence-corrected chi connectivity index (χ2v) is 4.26. The summed E-state index contributed by atoms with van der Waals surface area (Å²) in [4.78, 5) is 10.6. The molecule has 0 spiro atoms. The van der Waals surface area contributed by atoms with Gasteiger partial charge in [0.1, 0.15) is 16.5 Å². The highest BCUT2D eigenvalue weighted by Crippen LogP contribution is 2.16. The summed E-state index contributed by atoms with van der Waals surface area (Å²) in [5.74, 6) is -1.75. The Kier molecular flexibility index (Phi) is 4.86. The first-order valence-corrected chi connectivity index (χ1v) is 5.70. The third-order valence-electron chi connectivity index (χ3n) is 1.96. The van der Waals surface area contributed by atoms with Crippen LogP contribution >= 0.6 is 15.9 Å². The van der Waals surface area contributed by atoms with Crippen molar-refractivity contribution in [2.45, 2.75) is 18.2 Å². The third-order valence-corrected chi connectivity index (χ3v) is 2.65. The van der Waals surface area contributed by atoms with Gasteiger partial charge in [0.15, 0.2) is 0 Å². The largest absolute Gasteiger partial charge is 0.465 e. The highest BCUT2D eigenvalue weighted by atomic mass is 79.9. The fourth-order valence-electron chi connectivity index (χ4n) is 1.20. The molecule has 1 aromatic carbocycles. The first kappa shape index (κ1) is 13.1. The summed E-state index contributed by atoms with van der Waals surface area (Å²) >= 11 is 3.10.